The van der Waals surface area contributed by atoms with E-state index in [2.05, 4.69) is 10.2 Å². The highest BCUT2D eigenvalue weighted by atomic mass is 35.5. The average Bonchev–Trinajstić information content (AvgIpc) is 3.25. The molecular weight excluding hydrogens is 429 g/mol. The van der Waals surface area contributed by atoms with Gasteiger partial charge in [-0.05, 0) is 49.2 Å². The molecule has 1 amide bonds. The van der Waals surface area contributed by atoms with Gasteiger partial charge in [-0.25, -0.2) is 4.39 Å². The quantitative estimate of drug-likeness (QED) is 0.446. The number of carbonyl (C=O) groups is 1. The van der Waals surface area contributed by atoms with Gasteiger partial charge in [0.15, 0.2) is 5.43 Å². The minimum absolute atomic E-state index is 0.0867. The second-order valence-electron chi connectivity index (χ2n) is 7.01. The van der Waals surface area contributed by atoms with Gasteiger partial charge in [-0.1, -0.05) is 35.1 Å². The van der Waals surface area contributed by atoms with E-state index in [0.29, 0.717) is 20.7 Å². The molecule has 0 radical (unpaired) electrons. The second kappa shape index (κ2) is 6.72. The number of aryl methyl sites for hydroxylation is 2. The van der Waals surface area contributed by atoms with E-state index in [1.165, 1.54) is 40.5 Å². The van der Waals surface area contributed by atoms with E-state index in [9.17, 15) is 14.0 Å². The lowest BCUT2D eigenvalue weighted by atomic mass is 9.98. The molecule has 2 aromatic carbocycles. The first-order valence-electron chi connectivity index (χ1n) is 9.01. The Kier molecular flexibility index (Phi) is 4.23. The summed E-state index contributed by atoms with van der Waals surface area (Å²) >= 11 is 7.42. The maximum atomic E-state index is 14.0. The Balaban J connectivity index is 1.84. The molecule has 2 aromatic heterocycles. The van der Waals surface area contributed by atoms with Gasteiger partial charge in [-0.2, -0.15) is 0 Å². The van der Waals surface area contributed by atoms with Gasteiger partial charge in [-0.3, -0.25) is 14.5 Å². The molecule has 30 heavy (non-hydrogen) atoms. The predicted octanol–water partition coefficient (Wildman–Crippen LogP) is 4.80. The zero-order valence-corrected chi connectivity index (χ0v) is 17.3. The molecule has 1 atom stereocenters. The average molecular weight is 442 g/mol. The van der Waals surface area contributed by atoms with E-state index in [-0.39, 0.29) is 27.7 Å². The second-order valence-corrected chi connectivity index (χ2v) is 8.58. The number of fused-ring (bicyclic) bond motifs is 2. The van der Waals surface area contributed by atoms with Crippen molar-refractivity contribution in [2.45, 2.75) is 19.9 Å². The van der Waals surface area contributed by atoms with Crippen molar-refractivity contribution in [3.05, 3.63) is 84.9 Å². The maximum absolute atomic E-state index is 14.0. The summed E-state index contributed by atoms with van der Waals surface area (Å²) in [6.07, 6.45) is 0. The molecule has 150 valence electrons. The molecule has 6 nitrogen and oxygen atoms in total. The van der Waals surface area contributed by atoms with Crippen LogP contribution in [0.5, 0.6) is 0 Å². The molecule has 0 saturated heterocycles. The molecule has 0 bridgehead atoms. The molecule has 1 unspecified atom stereocenters. The number of aromatic nitrogens is 2. The van der Waals surface area contributed by atoms with Crippen molar-refractivity contribution in [3.63, 3.8) is 0 Å². The van der Waals surface area contributed by atoms with Crippen LogP contribution >= 0.6 is 22.9 Å². The van der Waals surface area contributed by atoms with Crippen LogP contribution in [0.4, 0.5) is 9.52 Å². The number of hydrogen-bond acceptors (Lipinski definition) is 6. The molecule has 1 aliphatic heterocycles. The SMILES string of the molecule is Cc1nnc(N2C(=O)c3oc4cc(C)c(Cl)cc4c(=O)c3C2c2cccc(F)c2)s1. The first kappa shape index (κ1) is 18.9. The topological polar surface area (TPSA) is 76.3 Å². The Morgan fingerprint density at radius 1 is 1.17 bits per heavy atom. The van der Waals surface area contributed by atoms with Crippen molar-refractivity contribution in [2.75, 3.05) is 4.90 Å². The van der Waals surface area contributed by atoms with Gasteiger partial charge < -0.3 is 4.42 Å². The molecule has 9 heteroatoms. The van der Waals surface area contributed by atoms with E-state index in [1.807, 2.05) is 0 Å². The van der Waals surface area contributed by atoms with Gasteiger partial charge in [0.05, 0.1) is 17.0 Å². The van der Waals surface area contributed by atoms with E-state index in [1.54, 1.807) is 26.0 Å². The summed E-state index contributed by atoms with van der Waals surface area (Å²) in [7, 11) is 0. The van der Waals surface area contributed by atoms with Crippen molar-refractivity contribution in [2.24, 2.45) is 0 Å². The Hall–Kier alpha value is -3.10. The summed E-state index contributed by atoms with van der Waals surface area (Å²) < 4.78 is 19.9. The van der Waals surface area contributed by atoms with E-state index in [0.717, 1.165) is 5.56 Å². The number of hydrogen-bond donors (Lipinski definition) is 0. The highest BCUT2D eigenvalue weighted by Gasteiger charge is 2.45. The van der Waals surface area contributed by atoms with Gasteiger partial charge in [0.2, 0.25) is 10.9 Å². The number of anilines is 1. The van der Waals surface area contributed by atoms with Crippen LogP contribution in [0.1, 0.15) is 38.3 Å². The lowest BCUT2D eigenvalue weighted by molar-refractivity contribution is 0.0970. The van der Waals surface area contributed by atoms with Crippen LogP contribution in [0.15, 0.2) is 45.6 Å². The third-order valence-corrected chi connectivity index (χ3v) is 6.28. The number of nitrogens with zero attached hydrogens (tertiary/aromatic N) is 3. The fraction of sp³-hybridized carbons (Fsp3) is 0.143. The van der Waals surface area contributed by atoms with Crippen LogP contribution in [-0.4, -0.2) is 16.1 Å². The molecule has 5 rings (SSSR count). The smallest absolute Gasteiger partial charge is 0.297 e. The minimum atomic E-state index is -0.892. The minimum Gasteiger partial charge on any atom is -0.450 e. The molecule has 0 spiro atoms. The lowest BCUT2D eigenvalue weighted by Crippen LogP contribution is -2.29. The highest BCUT2D eigenvalue weighted by molar-refractivity contribution is 7.15. The first-order valence-corrected chi connectivity index (χ1v) is 10.2. The Morgan fingerprint density at radius 2 is 1.97 bits per heavy atom. The first-order chi connectivity index (χ1) is 14.3. The van der Waals surface area contributed by atoms with Crippen LogP contribution in [-0.2, 0) is 0 Å². The van der Waals surface area contributed by atoms with Gasteiger partial charge in [0, 0.05) is 5.02 Å². The van der Waals surface area contributed by atoms with Crippen molar-refractivity contribution >= 4 is 44.9 Å². The zero-order chi connectivity index (χ0) is 21.2. The van der Waals surface area contributed by atoms with Crippen molar-refractivity contribution < 1.29 is 13.6 Å². The van der Waals surface area contributed by atoms with Crippen LogP contribution in [0.2, 0.25) is 5.02 Å². The molecule has 0 N–H and O–H groups in total. The number of carbonyl (C=O) groups excluding carboxylic acids is 1. The molecule has 3 heterocycles. The molecule has 0 aliphatic carbocycles. The highest BCUT2D eigenvalue weighted by Crippen LogP contribution is 2.42. The summed E-state index contributed by atoms with van der Waals surface area (Å²) in [5.41, 5.74) is 1.16. The summed E-state index contributed by atoms with van der Waals surface area (Å²) in [6.45, 7) is 3.54. The van der Waals surface area contributed by atoms with E-state index >= 15 is 0 Å². The number of benzene rings is 2. The van der Waals surface area contributed by atoms with Gasteiger partial charge in [-0.15, -0.1) is 10.2 Å². The Bertz CT molecular complexity index is 1410. The summed E-state index contributed by atoms with van der Waals surface area (Å²) in [5.74, 6) is -1.09. The lowest BCUT2D eigenvalue weighted by Gasteiger charge is -2.22. The fourth-order valence-electron chi connectivity index (χ4n) is 3.67. The van der Waals surface area contributed by atoms with Crippen molar-refractivity contribution in [1.29, 1.82) is 0 Å². The maximum Gasteiger partial charge on any atom is 0.297 e. The largest absolute Gasteiger partial charge is 0.450 e. The van der Waals surface area contributed by atoms with Crippen LogP contribution in [0.25, 0.3) is 11.0 Å². The Morgan fingerprint density at radius 3 is 2.67 bits per heavy atom. The normalized spacial score (nSPS) is 15.8. The molecular formula is C21H13ClFN3O3S. The van der Waals surface area contributed by atoms with Crippen LogP contribution in [0, 0.1) is 19.7 Å². The summed E-state index contributed by atoms with van der Waals surface area (Å²) in [5, 5.41) is 9.68. The van der Waals surface area contributed by atoms with Gasteiger partial charge in [0.25, 0.3) is 5.91 Å². The third kappa shape index (κ3) is 2.75. The third-order valence-electron chi connectivity index (χ3n) is 5.04. The molecule has 1 aliphatic rings. The van der Waals surface area contributed by atoms with Crippen molar-refractivity contribution in [1.82, 2.24) is 10.2 Å². The van der Waals surface area contributed by atoms with Gasteiger partial charge in [0.1, 0.15) is 16.4 Å². The Labute approximate surface area is 178 Å². The van der Waals surface area contributed by atoms with Crippen molar-refractivity contribution in [3.8, 4) is 0 Å². The zero-order valence-electron chi connectivity index (χ0n) is 15.8. The molecule has 0 fully saturated rings. The van der Waals surface area contributed by atoms with Crippen LogP contribution < -0.4 is 10.3 Å². The standard InChI is InChI=1S/C21H13ClFN3O3S/c1-9-6-15-13(8-14(9)22)18(27)16-17(11-4-3-5-12(23)7-11)26(20(28)19(16)29-15)21-25-24-10(2)30-21/h3-8,17H,1-2H3. The molecule has 0 saturated carbocycles. The van der Waals surface area contributed by atoms with Crippen LogP contribution in [0.3, 0.4) is 0 Å². The monoisotopic (exact) mass is 441 g/mol. The van der Waals surface area contributed by atoms with E-state index in [4.69, 9.17) is 16.0 Å². The van der Waals surface area contributed by atoms with Gasteiger partial charge >= 0.3 is 0 Å². The predicted molar refractivity (Wildman–Crippen MR) is 112 cm³/mol. The number of rotatable bonds is 2. The number of amides is 1. The number of halogens is 2. The van der Waals surface area contributed by atoms with E-state index < -0.39 is 17.8 Å². The fourth-order valence-corrected chi connectivity index (χ4v) is 4.54. The molecule has 4 aromatic rings. The summed E-state index contributed by atoms with van der Waals surface area (Å²) in [4.78, 5) is 28.1. The summed E-state index contributed by atoms with van der Waals surface area (Å²) in [6, 6.07) is 8.04.